The van der Waals surface area contributed by atoms with E-state index in [1.807, 2.05) is 30.3 Å². The Morgan fingerprint density at radius 3 is 2.73 bits per heavy atom. The summed E-state index contributed by atoms with van der Waals surface area (Å²) in [4.78, 5) is 6.04. The quantitative estimate of drug-likeness (QED) is 0.332. The van der Waals surface area contributed by atoms with Crippen molar-refractivity contribution in [2.24, 2.45) is 16.3 Å². The molecule has 0 bridgehead atoms. The number of rotatable bonds is 5. The number of thiophene rings is 1. The molecule has 4 rings (SSSR count). The molecule has 0 saturated heterocycles. The van der Waals surface area contributed by atoms with Gasteiger partial charge in [-0.1, -0.05) is 62.2 Å². The van der Waals surface area contributed by atoms with Gasteiger partial charge in [-0.3, -0.25) is 0 Å². The first-order valence-corrected chi connectivity index (χ1v) is 12.6. The van der Waals surface area contributed by atoms with Gasteiger partial charge >= 0.3 is 0 Å². The molecule has 0 N–H and O–H groups in total. The van der Waals surface area contributed by atoms with Crippen molar-refractivity contribution in [3.05, 3.63) is 79.6 Å². The van der Waals surface area contributed by atoms with Gasteiger partial charge in [0.2, 0.25) is 0 Å². The molecule has 3 aromatic rings. The predicted molar refractivity (Wildman–Crippen MR) is 138 cm³/mol. The smallest absolute Gasteiger partial charge is 0.134 e. The summed E-state index contributed by atoms with van der Waals surface area (Å²) in [5.41, 5.74) is 3.90. The molecule has 1 heterocycles. The zero-order valence-corrected chi connectivity index (χ0v) is 21.3. The minimum atomic E-state index is 0.265. The van der Waals surface area contributed by atoms with Gasteiger partial charge in [0, 0.05) is 32.3 Å². The Kier molecular flexibility index (Phi) is 7.14. The SMILES string of the molecule is CC(C)(C)[C@H]1CCc2c(sc(N=Cc3ccccc3OCc3ccc(Cl)cc3Cl)c2C#N)C1. The van der Waals surface area contributed by atoms with Gasteiger partial charge in [-0.2, -0.15) is 5.26 Å². The van der Waals surface area contributed by atoms with E-state index in [4.69, 9.17) is 32.9 Å². The number of halogens is 2. The average Bonchev–Trinajstić information content (AvgIpc) is 3.13. The molecule has 0 fully saturated rings. The van der Waals surface area contributed by atoms with E-state index in [0.29, 0.717) is 28.3 Å². The molecule has 170 valence electrons. The topological polar surface area (TPSA) is 45.4 Å². The average molecular weight is 497 g/mol. The van der Waals surface area contributed by atoms with Crippen molar-refractivity contribution < 1.29 is 4.74 Å². The largest absolute Gasteiger partial charge is 0.488 e. The van der Waals surface area contributed by atoms with E-state index in [1.54, 1.807) is 29.7 Å². The van der Waals surface area contributed by atoms with Crippen LogP contribution in [0.1, 0.15) is 54.3 Å². The van der Waals surface area contributed by atoms with Crippen LogP contribution in [0.2, 0.25) is 10.0 Å². The van der Waals surface area contributed by atoms with Crippen molar-refractivity contribution in [2.45, 2.75) is 46.6 Å². The Labute approximate surface area is 209 Å². The van der Waals surface area contributed by atoms with Gasteiger partial charge in [-0.25, -0.2) is 4.99 Å². The van der Waals surface area contributed by atoms with Crippen LogP contribution in [-0.2, 0) is 19.4 Å². The number of nitriles is 1. The first kappa shape index (κ1) is 23.8. The highest BCUT2D eigenvalue weighted by Crippen LogP contribution is 2.45. The molecule has 0 aliphatic heterocycles. The van der Waals surface area contributed by atoms with Crippen LogP contribution < -0.4 is 4.74 Å². The van der Waals surface area contributed by atoms with Crippen LogP contribution in [0.25, 0.3) is 0 Å². The number of ether oxygens (including phenoxy) is 1. The Morgan fingerprint density at radius 2 is 2.00 bits per heavy atom. The van der Waals surface area contributed by atoms with Gasteiger partial charge in [0.15, 0.2) is 0 Å². The minimum absolute atomic E-state index is 0.265. The third-order valence-electron chi connectivity index (χ3n) is 6.22. The van der Waals surface area contributed by atoms with E-state index in [1.165, 1.54) is 10.4 Å². The first-order valence-electron chi connectivity index (χ1n) is 11.0. The summed E-state index contributed by atoms with van der Waals surface area (Å²) < 4.78 is 6.04. The fraction of sp³-hybridized carbons (Fsp3) is 0.333. The maximum atomic E-state index is 9.83. The molecule has 2 aromatic carbocycles. The Balaban J connectivity index is 1.56. The number of benzene rings is 2. The number of hydrogen-bond acceptors (Lipinski definition) is 4. The summed E-state index contributed by atoms with van der Waals surface area (Å²) in [6.45, 7) is 7.23. The molecule has 1 aliphatic rings. The summed E-state index contributed by atoms with van der Waals surface area (Å²) in [5.74, 6) is 1.33. The zero-order valence-electron chi connectivity index (χ0n) is 19.0. The van der Waals surface area contributed by atoms with E-state index >= 15 is 0 Å². The molecule has 1 aromatic heterocycles. The van der Waals surface area contributed by atoms with Crippen molar-refractivity contribution in [2.75, 3.05) is 0 Å². The Bertz CT molecular complexity index is 1230. The van der Waals surface area contributed by atoms with Crippen LogP contribution in [0.15, 0.2) is 47.5 Å². The molecule has 0 radical (unpaired) electrons. The lowest BCUT2D eigenvalue weighted by molar-refractivity contribution is 0.218. The number of nitrogens with zero attached hydrogens (tertiary/aromatic N) is 2. The lowest BCUT2D eigenvalue weighted by Crippen LogP contribution is -2.26. The van der Waals surface area contributed by atoms with Gasteiger partial charge in [0.1, 0.15) is 23.4 Å². The number of fused-ring (bicyclic) bond motifs is 1. The van der Waals surface area contributed by atoms with Crippen molar-refractivity contribution in [3.63, 3.8) is 0 Å². The second-order valence-electron chi connectivity index (χ2n) is 9.42. The predicted octanol–water partition coefficient (Wildman–Crippen LogP) is 8.41. The summed E-state index contributed by atoms with van der Waals surface area (Å²) in [7, 11) is 0. The van der Waals surface area contributed by atoms with E-state index in [2.05, 4.69) is 26.8 Å². The molecule has 0 saturated carbocycles. The summed E-state index contributed by atoms with van der Waals surface area (Å²) in [5, 5.41) is 11.8. The molecule has 1 aliphatic carbocycles. The molecule has 0 unspecified atom stereocenters. The van der Waals surface area contributed by atoms with Crippen LogP contribution >= 0.6 is 34.5 Å². The second-order valence-corrected chi connectivity index (χ2v) is 11.3. The van der Waals surface area contributed by atoms with Crippen molar-refractivity contribution in [3.8, 4) is 11.8 Å². The molecule has 0 spiro atoms. The molecular formula is C27H26Cl2N2OS. The van der Waals surface area contributed by atoms with E-state index < -0.39 is 0 Å². The normalized spacial score (nSPS) is 15.9. The first-order chi connectivity index (χ1) is 15.8. The third kappa shape index (κ3) is 5.44. The van der Waals surface area contributed by atoms with Gasteiger partial charge in [0.05, 0.1) is 5.56 Å². The minimum Gasteiger partial charge on any atom is -0.488 e. The van der Waals surface area contributed by atoms with E-state index in [-0.39, 0.29) is 5.41 Å². The fourth-order valence-electron chi connectivity index (χ4n) is 4.16. The van der Waals surface area contributed by atoms with Crippen molar-refractivity contribution in [1.29, 1.82) is 5.26 Å². The van der Waals surface area contributed by atoms with E-state index in [9.17, 15) is 5.26 Å². The van der Waals surface area contributed by atoms with Gasteiger partial charge in [-0.15, -0.1) is 11.3 Å². The van der Waals surface area contributed by atoms with Gasteiger partial charge in [-0.05, 0) is 60.4 Å². The van der Waals surface area contributed by atoms with Gasteiger partial charge in [0.25, 0.3) is 0 Å². The van der Waals surface area contributed by atoms with Crippen LogP contribution in [0.4, 0.5) is 5.00 Å². The maximum absolute atomic E-state index is 9.83. The Hall–Kier alpha value is -2.32. The highest BCUT2D eigenvalue weighted by atomic mass is 35.5. The molecule has 3 nitrogen and oxygen atoms in total. The highest BCUT2D eigenvalue weighted by molar-refractivity contribution is 7.16. The molecule has 33 heavy (non-hydrogen) atoms. The molecule has 1 atom stereocenters. The summed E-state index contributed by atoms with van der Waals surface area (Å²) >= 11 is 13.9. The number of aliphatic imine (C=N–C) groups is 1. The van der Waals surface area contributed by atoms with Crippen LogP contribution in [0.3, 0.4) is 0 Å². The number of hydrogen-bond donors (Lipinski definition) is 0. The Morgan fingerprint density at radius 1 is 1.21 bits per heavy atom. The lowest BCUT2D eigenvalue weighted by Gasteiger charge is -2.33. The molecule has 0 amide bonds. The van der Waals surface area contributed by atoms with Gasteiger partial charge < -0.3 is 4.74 Å². The van der Waals surface area contributed by atoms with Crippen LogP contribution in [0.5, 0.6) is 5.75 Å². The van der Waals surface area contributed by atoms with Crippen LogP contribution in [0, 0.1) is 22.7 Å². The van der Waals surface area contributed by atoms with Crippen molar-refractivity contribution >= 4 is 45.8 Å². The third-order valence-corrected chi connectivity index (χ3v) is 7.97. The zero-order chi connectivity index (χ0) is 23.6. The summed E-state index contributed by atoms with van der Waals surface area (Å²) in [6, 6.07) is 15.5. The fourth-order valence-corrected chi connectivity index (χ4v) is 5.84. The second kappa shape index (κ2) is 9.89. The molecular weight excluding hydrogens is 471 g/mol. The van der Waals surface area contributed by atoms with E-state index in [0.717, 1.165) is 41.0 Å². The maximum Gasteiger partial charge on any atom is 0.134 e. The molecule has 6 heteroatoms. The van der Waals surface area contributed by atoms with Crippen molar-refractivity contribution in [1.82, 2.24) is 0 Å². The number of para-hydroxylation sites is 1. The highest BCUT2D eigenvalue weighted by Gasteiger charge is 2.32. The van der Waals surface area contributed by atoms with Crippen LogP contribution in [-0.4, -0.2) is 6.21 Å². The monoisotopic (exact) mass is 496 g/mol. The standard InChI is InChI=1S/C27H26Cl2N2OS/c1-27(2,3)19-9-11-21-22(14-30)26(33-25(21)12-19)31-15-17-6-4-5-7-24(17)32-16-18-8-10-20(28)13-23(18)29/h4-8,10,13,15,19H,9,11-12,16H2,1-3H3/t19-/m0/s1. The lowest BCUT2D eigenvalue weighted by atomic mass is 9.72. The summed E-state index contributed by atoms with van der Waals surface area (Å²) in [6.07, 6.45) is 4.89.